The summed E-state index contributed by atoms with van der Waals surface area (Å²) in [5, 5.41) is 7.47. The van der Waals surface area contributed by atoms with Gasteiger partial charge in [-0.15, -0.1) is 11.3 Å². The van der Waals surface area contributed by atoms with E-state index in [1.165, 1.54) is 17.7 Å². The number of carbonyl (C=O) groups excluding carboxylic acids is 1. The van der Waals surface area contributed by atoms with Crippen molar-refractivity contribution in [2.75, 3.05) is 5.32 Å². The lowest BCUT2D eigenvalue weighted by atomic mass is 10.0. The average Bonchev–Trinajstić information content (AvgIpc) is 2.96. The summed E-state index contributed by atoms with van der Waals surface area (Å²) >= 11 is 1.60. The van der Waals surface area contributed by atoms with Crippen LogP contribution in [0.1, 0.15) is 40.4 Å². The number of hydrogen-bond donors (Lipinski definition) is 1. The highest BCUT2D eigenvalue weighted by molar-refractivity contribution is 7.15. The zero-order valence-corrected chi connectivity index (χ0v) is 12.5. The fraction of sp³-hybridized carbons (Fsp3) is 0.500. The van der Waals surface area contributed by atoms with Crippen molar-refractivity contribution < 1.29 is 9.32 Å². The zero-order chi connectivity index (χ0) is 14.1. The van der Waals surface area contributed by atoms with Crippen molar-refractivity contribution in [1.29, 1.82) is 0 Å². The molecule has 0 bridgehead atoms. The molecule has 0 spiro atoms. The fourth-order valence-electron chi connectivity index (χ4n) is 2.48. The van der Waals surface area contributed by atoms with Crippen molar-refractivity contribution in [2.45, 2.75) is 46.0 Å². The Bertz CT molecular complexity index is 602. The van der Waals surface area contributed by atoms with Gasteiger partial charge in [0, 0.05) is 10.4 Å². The summed E-state index contributed by atoms with van der Waals surface area (Å²) in [6.45, 7) is 3.67. The monoisotopic (exact) mass is 291 g/mol. The maximum atomic E-state index is 12.1. The maximum absolute atomic E-state index is 12.1. The average molecular weight is 291 g/mol. The van der Waals surface area contributed by atoms with Gasteiger partial charge in [0.15, 0.2) is 5.13 Å². The lowest BCUT2D eigenvalue weighted by Gasteiger charge is -2.06. The summed E-state index contributed by atoms with van der Waals surface area (Å²) in [7, 11) is 0. The first-order chi connectivity index (χ1) is 9.63. The number of aromatic nitrogens is 2. The van der Waals surface area contributed by atoms with E-state index in [1.54, 1.807) is 11.3 Å². The molecule has 1 amide bonds. The number of rotatable bonds is 3. The molecule has 0 saturated heterocycles. The van der Waals surface area contributed by atoms with E-state index in [2.05, 4.69) is 15.5 Å². The molecular weight excluding hydrogens is 274 g/mol. The van der Waals surface area contributed by atoms with Gasteiger partial charge in [-0.1, -0.05) is 5.16 Å². The van der Waals surface area contributed by atoms with Crippen LogP contribution in [-0.4, -0.2) is 16.0 Å². The number of thiazole rings is 1. The number of amides is 1. The van der Waals surface area contributed by atoms with Gasteiger partial charge in [0.2, 0.25) is 5.91 Å². The molecule has 2 aromatic heterocycles. The number of nitrogens with one attached hydrogen (secondary N) is 1. The first-order valence-electron chi connectivity index (χ1n) is 6.83. The van der Waals surface area contributed by atoms with Crippen LogP contribution in [0.15, 0.2) is 4.52 Å². The normalized spacial score (nSPS) is 14.1. The van der Waals surface area contributed by atoms with Crippen LogP contribution in [0, 0.1) is 13.8 Å². The molecule has 0 radical (unpaired) electrons. The molecule has 106 valence electrons. The molecule has 0 fully saturated rings. The molecule has 6 heteroatoms. The molecule has 1 N–H and O–H groups in total. The van der Waals surface area contributed by atoms with Crippen molar-refractivity contribution in [3.8, 4) is 0 Å². The predicted molar refractivity (Wildman–Crippen MR) is 77.1 cm³/mol. The van der Waals surface area contributed by atoms with Crippen LogP contribution in [0.4, 0.5) is 5.13 Å². The molecule has 20 heavy (non-hydrogen) atoms. The molecule has 1 aliphatic rings. The molecule has 0 aromatic carbocycles. The van der Waals surface area contributed by atoms with Crippen molar-refractivity contribution in [2.24, 2.45) is 0 Å². The summed E-state index contributed by atoms with van der Waals surface area (Å²) in [5.74, 6) is 0.640. The smallest absolute Gasteiger partial charge is 0.230 e. The molecule has 0 unspecified atom stereocenters. The van der Waals surface area contributed by atoms with Crippen LogP contribution in [0.5, 0.6) is 0 Å². The summed E-state index contributed by atoms with van der Waals surface area (Å²) < 4.78 is 5.07. The topological polar surface area (TPSA) is 68.0 Å². The van der Waals surface area contributed by atoms with E-state index in [0.717, 1.165) is 29.8 Å². The van der Waals surface area contributed by atoms with E-state index in [4.69, 9.17) is 4.52 Å². The van der Waals surface area contributed by atoms with E-state index >= 15 is 0 Å². The molecular formula is C14H17N3O2S. The summed E-state index contributed by atoms with van der Waals surface area (Å²) in [6, 6.07) is 0. The van der Waals surface area contributed by atoms with Gasteiger partial charge in [0.25, 0.3) is 0 Å². The highest BCUT2D eigenvalue weighted by Crippen LogP contribution is 2.29. The summed E-state index contributed by atoms with van der Waals surface area (Å²) in [6.07, 6.45) is 4.83. The fourth-order valence-corrected chi connectivity index (χ4v) is 3.55. The van der Waals surface area contributed by atoms with E-state index in [0.29, 0.717) is 10.9 Å². The Kier molecular flexibility index (Phi) is 3.56. The SMILES string of the molecule is Cc1noc(C)c1CC(=O)Nc1nc2c(s1)CCCC2. The third-order valence-electron chi connectivity index (χ3n) is 3.61. The lowest BCUT2D eigenvalue weighted by molar-refractivity contribution is -0.115. The van der Waals surface area contributed by atoms with Crippen LogP contribution in [0.25, 0.3) is 0 Å². The first kappa shape index (κ1) is 13.3. The Morgan fingerprint density at radius 3 is 2.85 bits per heavy atom. The lowest BCUT2D eigenvalue weighted by Crippen LogP contribution is -2.15. The highest BCUT2D eigenvalue weighted by atomic mass is 32.1. The van der Waals surface area contributed by atoms with Crippen molar-refractivity contribution >= 4 is 22.4 Å². The molecule has 1 aliphatic carbocycles. The van der Waals surface area contributed by atoms with Gasteiger partial charge in [-0.3, -0.25) is 4.79 Å². The van der Waals surface area contributed by atoms with E-state index in [-0.39, 0.29) is 12.3 Å². The second kappa shape index (κ2) is 5.36. The number of nitrogens with zero attached hydrogens (tertiary/aromatic N) is 2. The summed E-state index contributed by atoms with van der Waals surface area (Å²) in [5.41, 5.74) is 2.80. The van der Waals surface area contributed by atoms with E-state index < -0.39 is 0 Å². The largest absolute Gasteiger partial charge is 0.361 e. The third-order valence-corrected chi connectivity index (χ3v) is 4.68. The Hall–Kier alpha value is -1.69. The van der Waals surface area contributed by atoms with Gasteiger partial charge in [0.1, 0.15) is 5.76 Å². The van der Waals surface area contributed by atoms with Gasteiger partial charge < -0.3 is 9.84 Å². The first-order valence-corrected chi connectivity index (χ1v) is 7.65. The molecule has 2 aromatic rings. The van der Waals surface area contributed by atoms with Crippen LogP contribution >= 0.6 is 11.3 Å². The summed E-state index contributed by atoms with van der Waals surface area (Å²) in [4.78, 5) is 17.9. The standard InChI is InChI=1S/C14H17N3O2S/c1-8-10(9(2)19-17-8)7-13(18)16-14-15-11-5-3-4-6-12(11)20-14/h3-7H2,1-2H3,(H,15,16,18). The van der Waals surface area contributed by atoms with Crippen molar-refractivity contribution in [3.63, 3.8) is 0 Å². The number of anilines is 1. The minimum Gasteiger partial charge on any atom is -0.361 e. The maximum Gasteiger partial charge on any atom is 0.230 e. The van der Waals surface area contributed by atoms with Gasteiger partial charge in [-0.25, -0.2) is 4.98 Å². The van der Waals surface area contributed by atoms with Crippen molar-refractivity contribution in [1.82, 2.24) is 10.1 Å². The minimum atomic E-state index is -0.0644. The molecule has 3 rings (SSSR count). The van der Waals surface area contributed by atoms with Gasteiger partial charge in [-0.05, 0) is 39.5 Å². The number of aryl methyl sites for hydroxylation is 4. The van der Waals surface area contributed by atoms with Crippen LogP contribution in [0.2, 0.25) is 0 Å². The molecule has 0 saturated carbocycles. The quantitative estimate of drug-likeness (QED) is 0.944. The second-order valence-corrected chi connectivity index (χ2v) is 6.21. The van der Waals surface area contributed by atoms with Crippen LogP contribution in [-0.2, 0) is 24.1 Å². The zero-order valence-electron chi connectivity index (χ0n) is 11.7. The van der Waals surface area contributed by atoms with Crippen molar-refractivity contribution in [3.05, 3.63) is 27.6 Å². The number of hydrogen-bond acceptors (Lipinski definition) is 5. The van der Waals surface area contributed by atoms with Gasteiger partial charge in [0.05, 0.1) is 17.8 Å². The van der Waals surface area contributed by atoms with E-state index in [1.807, 2.05) is 13.8 Å². The third kappa shape index (κ3) is 2.60. The minimum absolute atomic E-state index is 0.0644. The molecule has 5 nitrogen and oxygen atoms in total. The number of carbonyl (C=O) groups is 1. The van der Waals surface area contributed by atoms with Crippen LogP contribution in [0.3, 0.4) is 0 Å². The Morgan fingerprint density at radius 1 is 1.35 bits per heavy atom. The molecule has 0 aliphatic heterocycles. The van der Waals surface area contributed by atoms with Gasteiger partial charge >= 0.3 is 0 Å². The molecule has 0 atom stereocenters. The Morgan fingerprint density at radius 2 is 2.15 bits per heavy atom. The van der Waals surface area contributed by atoms with E-state index in [9.17, 15) is 4.79 Å². The Balaban J connectivity index is 1.68. The van der Waals surface area contributed by atoms with Gasteiger partial charge in [-0.2, -0.15) is 0 Å². The Labute approximate surface area is 121 Å². The predicted octanol–water partition coefficient (Wildman–Crippen LogP) is 2.81. The number of fused-ring (bicyclic) bond motifs is 1. The molecule has 2 heterocycles. The van der Waals surface area contributed by atoms with Crippen LogP contribution < -0.4 is 5.32 Å². The second-order valence-electron chi connectivity index (χ2n) is 5.12. The highest BCUT2D eigenvalue weighted by Gasteiger charge is 2.18.